The Morgan fingerprint density at radius 3 is 2.48 bits per heavy atom. The topological polar surface area (TPSA) is 58.6 Å². The van der Waals surface area contributed by atoms with E-state index in [9.17, 15) is 9.18 Å². The van der Waals surface area contributed by atoms with Gasteiger partial charge in [0.05, 0.1) is 5.69 Å². The summed E-state index contributed by atoms with van der Waals surface area (Å²) >= 11 is 0. The first kappa shape index (κ1) is 20.8. The lowest BCUT2D eigenvalue weighted by atomic mass is 10.0. The average Bonchev–Trinajstić information content (AvgIpc) is 2.78. The van der Waals surface area contributed by atoms with Gasteiger partial charge in [0, 0.05) is 37.8 Å². The summed E-state index contributed by atoms with van der Waals surface area (Å²) in [6.07, 6.45) is 0. The number of anilines is 1. The minimum Gasteiger partial charge on any atom is -0.484 e. The van der Waals surface area contributed by atoms with E-state index in [1.807, 2.05) is 12.1 Å². The summed E-state index contributed by atoms with van der Waals surface area (Å²) in [4.78, 5) is 16.3. The lowest BCUT2D eigenvalue weighted by Gasteiger charge is -2.35. The molecule has 1 aliphatic heterocycles. The molecule has 2 heterocycles. The maximum Gasteiger partial charge on any atom is 0.260 e. The van der Waals surface area contributed by atoms with E-state index in [0.717, 1.165) is 17.1 Å². The van der Waals surface area contributed by atoms with Gasteiger partial charge in [-0.1, -0.05) is 29.8 Å². The van der Waals surface area contributed by atoms with Crippen molar-refractivity contribution < 1.29 is 13.9 Å². The normalized spacial score (nSPS) is 13.9. The largest absolute Gasteiger partial charge is 0.484 e. The van der Waals surface area contributed by atoms with Crippen LogP contribution in [-0.2, 0) is 4.79 Å². The van der Waals surface area contributed by atoms with Gasteiger partial charge >= 0.3 is 0 Å². The van der Waals surface area contributed by atoms with E-state index < -0.39 is 0 Å². The number of amides is 1. The van der Waals surface area contributed by atoms with Crippen molar-refractivity contribution >= 4 is 11.7 Å². The van der Waals surface area contributed by atoms with Crippen molar-refractivity contribution in [1.82, 2.24) is 15.1 Å². The van der Waals surface area contributed by atoms with Crippen LogP contribution >= 0.6 is 0 Å². The Morgan fingerprint density at radius 2 is 1.81 bits per heavy atom. The smallest absolute Gasteiger partial charge is 0.260 e. The minimum absolute atomic E-state index is 0.103. The molecule has 160 valence electrons. The highest BCUT2D eigenvalue weighted by Gasteiger charge is 2.22. The first-order valence-electron chi connectivity index (χ1n) is 10.3. The minimum atomic E-state index is -0.386. The molecule has 3 aromatic rings. The van der Waals surface area contributed by atoms with Crippen molar-refractivity contribution in [1.29, 1.82) is 0 Å². The Labute approximate surface area is 181 Å². The molecule has 1 aromatic heterocycles. The Hall–Kier alpha value is -3.48. The molecular formula is C24H25FN4O2. The number of piperazine rings is 1. The zero-order chi connectivity index (χ0) is 21.8. The van der Waals surface area contributed by atoms with Gasteiger partial charge in [0.15, 0.2) is 12.4 Å². The molecule has 4 rings (SSSR count). The fourth-order valence-electron chi connectivity index (χ4n) is 3.72. The second-order valence-corrected chi connectivity index (χ2v) is 7.71. The van der Waals surface area contributed by atoms with E-state index in [1.54, 1.807) is 17.0 Å². The van der Waals surface area contributed by atoms with Gasteiger partial charge in [0.2, 0.25) is 0 Å². The molecular weight excluding hydrogens is 395 g/mol. The number of aromatic nitrogens is 2. The van der Waals surface area contributed by atoms with E-state index >= 15 is 0 Å². The third kappa shape index (κ3) is 4.99. The summed E-state index contributed by atoms with van der Waals surface area (Å²) < 4.78 is 18.6. The summed E-state index contributed by atoms with van der Waals surface area (Å²) in [7, 11) is 0. The number of carbonyl (C=O) groups excluding carboxylic acids is 1. The number of nitrogens with zero attached hydrogens (tertiary/aromatic N) is 4. The zero-order valence-corrected chi connectivity index (χ0v) is 17.7. The van der Waals surface area contributed by atoms with Crippen molar-refractivity contribution in [2.24, 2.45) is 0 Å². The van der Waals surface area contributed by atoms with E-state index in [1.165, 1.54) is 23.3 Å². The quantitative estimate of drug-likeness (QED) is 0.631. The number of halogens is 1. The predicted octanol–water partition coefficient (Wildman–Crippen LogP) is 3.63. The lowest BCUT2D eigenvalue weighted by Crippen LogP contribution is -2.50. The van der Waals surface area contributed by atoms with Gasteiger partial charge in [-0.3, -0.25) is 4.79 Å². The van der Waals surface area contributed by atoms with Crippen molar-refractivity contribution in [3.63, 3.8) is 0 Å². The second kappa shape index (κ2) is 9.12. The first-order chi connectivity index (χ1) is 15.0. The maximum absolute atomic E-state index is 13.2. The average molecular weight is 420 g/mol. The van der Waals surface area contributed by atoms with Gasteiger partial charge in [0.1, 0.15) is 11.6 Å². The van der Waals surface area contributed by atoms with Gasteiger partial charge in [0.25, 0.3) is 5.91 Å². The van der Waals surface area contributed by atoms with Crippen LogP contribution in [0.2, 0.25) is 0 Å². The summed E-state index contributed by atoms with van der Waals surface area (Å²) in [5.74, 6) is 0.659. The molecule has 7 heteroatoms. The molecule has 6 nitrogen and oxygen atoms in total. The Morgan fingerprint density at radius 1 is 1.00 bits per heavy atom. The lowest BCUT2D eigenvalue weighted by molar-refractivity contribution is -0.133. The summed E-state index contributed by atoms with van der Waals surface area (Å²) in [5.41, 5.74) is 4.33. The molecule has 0 atom stereocenters. The molecule has 1 fully saturated rings. The van der Waals surface area contributed by atoms with Gasteiger partial charge in [-0.05, 0) is 43.7 Å². The Kier molecular flexibility index (Phi) is 6.11. The highest BCUT2D eigenvalue weighted by atomic mass is 19.1. The van der Waals surface area contributed by atoms with Crippen LogP contribution in [-0.4, -0.2) is 53.8 Å². The molecule has 31 heavy (non-hydrogen) atoms. The maximum atomic E-state index is 13.2. The highest BCUT2D eigenvalue weighted by molar-refractivity contribution is 5.78. The van der Waals surface area contributed by atoms with Crippen molar-refractivity contribution in [3.8, 4) is 17.0 Å². The molecule has 0 aliphatic carbocycles. The number of hydrogen-bond donors (Lipinski definition) is 0. The van der Waals surface area contributed by atoms with Crippen molar-refractivity contribution in [2.75, 3.05) is 37.7 Å². The van der Waals surface area contributed by atoms with Gasteiger partial charge < -0.3 is 14.5 Å². The van der Waals surface area contributed by atoms with Crippen molar-refractivity contribution in [3.05, 3.63) is 71.5 Å². The number of rotatable bonds is 5. The highest BCUT2D eigenvalue weighted by Crippen LogP contribution is 2.23. The van der Waals surface area contributed by atoms with E-state index in [-0.39, 0.29) is 18.3 Å². The number of hydrogen-bond acceptors (Lipinski definition) is 5. The first-order valence-corrected chi connectivity index (χ1v) is 10.3. The van der Waals surface area contributed by atoms with E-state index in [0.29, 0.717) is 31.9 Å². The van der Waals surface area contributed by atoms with Crippen molar-refractivity contribution in [2.45, 2.75) is 13.8 Å². The third-order valence-electron chi connectivity index (χ3n) is 5.42. The molecule has 1 aliphatic rings. The molecule has 1 amide bonds. The van der Waals surface area contributed by atoms with Crippen LogP contribution in [0.4, 0.5) is 10.2 Å². The van der Waals surface area contributed by atoms with Crippen LogP contribution in [0.5, 0.6) is 5.75 Å². The predicted molar refractivity (Wildman–Crippen MR) is 118 cm³/mol. The second-order valence-electron chi connectivity index (χ2n) is 7.71. The van der Waals surface area contributed by atoms with Crippen LogP contribution in [0.1, 0.15) is 11.1 Å². The summed E-state index contributed by atoms with van der Waals surface area (Å²) in [5, 5.41) is 8.82. The van der Waals surface area contributed by atoms with E-state index in [2.05, 4.69) is 47.1 Å². The third-order valence-corrected chi connectivity index (χ3v) is 5.42. The SMILES string of the molecule is Cc1ccc(-c2ccc(N3CCN(C(=O)COc4cccc(F)c4)CC3)nn2)c(C)c1. The number of carbonyl (C=O) groups is 1. The Bertz CT molecular complexity index is 1060. The van der Waals surface area contributed by atoms with Crippen LogP contribution in [0, 0.1) is 19.7 Å². The van der Waals surface area contributed by atoms with Gasteiger partial charge in [-0.25, -0.2) is 4.39 Å². The van der Waals surface area contributed by atoms with Gasteiger partial charge in [-0.15, -0.1) is 10.2 Å². The number of benzene rings is 2. The number of aryl methyl sites for hydroxylation is 2. The molecule has 0 unspecified atom stereocenters. The molecule has 0 N–H and O–H groups in total. The van der Waals surface area contributed by atoms with Gasteiger partial charge in [-0.2, -0.15) is 0 Å². The standard InChI is InChI=1S/C24H25FN4O2/c1-17-6-7-21(18(2)14-17)22-8-9-23(27-26-22)28-10-12-29(13-11-28)24(30)16-31-20-5-3-4-19(25)15-20/h3-9,14-15H,10-13,16H2,1-2H3. The molecule has 0 spiro atoms. The van der Waals surface area contributed by atoms with Crippen LogP contribution in [0.25, 0.3) is 11.3 Å². The fourth-order valence-corrected chi connectivity index (χ4v) is 3.72. The molecule has 0 radical (unpaired) electrons. The Balaban J connectivity index is 1.31. The van der Waals surface area contributed by atoms with Crippen LogP contribution in [0.3, 0.4) is 0 Å². The molecule has 0 bridgehead atoms. The molecule has 0 saturated carbocycles. The zero-order valence-electron chi connectivity index (χ0n) is 17.7. The van der Waals surface area contributed by atoms with Crippen LogP contribution < -0.4 is 9.64 Å². The van der Waals surface area contributed by atoms with Crippen LogP contribution in [0.15, 0.2) is 54.6 Å². The number of ether oxygens (including phenoxy) is 1. The van der Waals surface area contributed by atoms with E-state index in [4.69, 9.17) is 4.74 Å². The molecule has 2 aromatic carbocycles. The summed E-state index contributed by atoms with van der Waals surface area (Å²) in [6.45, 7) is 6.54. The molecule has 1 saturated heterocycles. The fraction of sp³-hybridized carbons (Fsp3) is 0.292. The summed E-state index contributed by atoms with van der Waals surface area (Å²) in [6, 6.07) is 16.1. The monoisotopic (exact) mass is 420 g/mol.